The Bertz CT molecular complexity index is 906. The molecule has 2 aromatic carbocycles. The number of sulfonamides is 1. The van der Waals surface area contributed by atoms with E-state index in [0.717, 1.165) is 0 Å². The second kappa shape index (κ2) is 5.97. The molecule has 1 heterocycles. The maximum absolute atomic E-state index is 12.4. The number of rotatable bonds is 4. The van der Waals surface area contributed by atoms with Crippen LogP contribution in [-0.2, 0) is 19.6 Å². The van der Waals surface area contributed by atoms with Crippen molar-refractivity contribution in [2.75, 3.05) is 4.72 Å². The molecule has 1 fully saturated rings. The SMILES string of the molecule is Cc1ccccc1S(=O)(=O)Nc1ccc(C2OC(=O)NC2=O)cc1. The van der Waals surface area contributed by atoms with Gasteiger partial charge >= 0.3 is 6.09 Å². The van der Waals surface area contributed by atoms with Gasteiger partial charge in [0.05, 0.1) is 4.90 Å². The Hall–Kier alpha value is -2.87. The van der Waals surface area contributed by atoms with Crippen LogP contribution in [-0.4, -0.2) is 20.4 Å². The predicted octanol–water partition coefficient (Wildman–Crippen LogP) is 2.10. The van der Waals surface area contributed by atoms with Crippen molar-refractivity contribution in [2.24, 2.45) is 0 Å². The zero-order chi connectivity index (χ0) is 17.3. The fraction of sp³-hybridized carbons (Fsp3) is 0.125. The summed E-state index contributed by atoms with van der Waals surface area (Å²) < 4.78 is 32.2. The summed E-state index contributed by atoms with van der Waals surface area (Å²) in [5.74, 6) is -0.548. The first-order chi connectivity index (χ1) is 11.4. The van der Waals surface area contributed by atoms with E-state index in [4.69, 9.17) is 4.74 Å². The van der Waals surface area contributed by atoms with Crippen molar-refractivity contribution < 1.29 is 22.7 Å². The van der Waals surface area contributed by atoms with Gasteiger partial charge in [0.25, 0.3) is 15.9 Å². The summed E-state index contributed by atoms with van der Waals surface area (Å²) in [4.78, 5) is 22.8. The topological polar surface area (TPSA) is 102 Å². The number of aryl methyl sites for hydroxylation is 1. The van der Waals surface area contributed by atoms with Gasteiger partial charge in [0.1, 0.15) is 0 Å². The lowest BCUT2D eigenvalue weighted by molar-refractivity contribution is -0.123. The monoisotopic (exact) mass is 346 g/mol. The molecule has 0 saturated carbocycles. The molecule has 1 unspecified atom stereocenters. The Balaban J connectivity index is 1.81. The standard InChI is InChI=1S/C16H14N2O5S/c1-10-4-2-3-5-13(10)24(21,22)18-12-8-6-11(7-9-12)14-15(19)17-16(20)23-14/h2-9,14,18H,1H3,(H,17,19,20). The Morgan fingerprint density at radius 2 is 1.71 bits per heavy atom. The first kappa shape index (κ1) is 16.0. The molecule has 2 aromatic rings. The van der Waals surface area contributed by atoms with E-state index in [2.05, 4.69) is 4.72 Å². The highest BCUT2D eigenvalue weighted by atomic mass is 32.2. The van der Waals surface area contributed by atoms with E-state index >= 15 is 0 Å². The molecule has 1 aliphatic rings. The minimum atomic E-state index is -3.71. The van der Waals surface area contributed by atoms with Crippen molar-refractivity contribution in [2.45, 2.75) is 17.9 Å². The Morgan fingerprint density at radius 1 is 1.04 bits per heavy atom. The average Bonchev–Trinajstić information content (AvgIpc) is 2.86. The van der Waals surface area contributed by atoms with Gasteiger partial charge in [-0.3, -0.25) is 14.8 Å². The van der Waals surface area contributed by atoms with Gasteiger partial charge in [-0.15, -0.1) is 0 Å². The molecule has 7 nitrogen and oxygen atoms in total. The molecule has 124 valence electrons. The number of amides is 2. The van der Waals surface area contributed by atoms with Crippen molar-refractivity contribution in [3.05, 3.63) is 59.7 Å². The van der Waals surface area contributed by atoms with Crippen molar-refractivity contribution in [1.82, 2.24) is 5.32 Å². The summed E-state index contributed by atoms with van der Waals surface area (Å²) in [7, 11) is -3.71. The third-order valence-corrected chi connectivity index (χ3v) is 5.08. The number of hydrogen-bond acceptors (Lipinski definition) is 5. The fourth-order valence-electron chi connectivity index (χ4n) is 2.37. The molecule has 1 saturated heterocycles. The van der Waals surface area contributed by atoms with Crippen molar-refractivity contribution in [3.8, 4) is 0 Å². The summed E-state index contributed by atoms with van der Waals surface area (Å²) in [5.41, 5.74) is 1.43. The zero-order valence-corrected chi connectivity index (χ0v) is 13.5. The quantitative estimate of drug-likeness (QED) is 0.883. The summed E-state index contributed by atoms with van der Waals surface area (Å²) in [6, 6.07) is 12.7. The van der Waals surface area contributed by atoms with E-state index in [0.29, 0.717) is 16.8 Å². The summed E-state index contributed by atoms with van der Waals surface area (Å²) in [5, 5.41) is 2.03. The second-order valence-corrected chi connectivity index (χ2v) is 6.92. The number of carbonyl (C=O) groups is 2. The third-order valence-electron chi connectivity index (χ3n) is 3.54. The van der Waals surface area contributed by atoms with Crippen LogP contribution in [0.3, 0.4) is 0 Å². The van der Waals surface area contributed by atoms with E-state index < -0.39 is 28.1 Å². The lowest BCUT2D eigenvalue weighted by atomic mass is 10.1. The van der Waals surface area contributed by atoms with Crippen LogP contribution in [0.4, 0.5) is 10.5 Å². The number of hydrogen-bond donors (Lipinski definition) is 2. The maximum Gasteiger partial charge on any atom is 0.415 e. The van der Waals surface area contributed by atoms with Gasteiger partial charge in [-0.05, 0) is 30.7 Å². The van der Waals surface area contributed by atoms with Crippen molar-refractivity contribution in [3.63, 3.8) is 0 Å². The predicted molar refractivity (Wildman–Crippen MR) is 85.8 cm³/mol. The Morgan fingerprint density at radius 3 is 2.29 bits per heavy atom. The fourth-order valence-corrected chi connectivity index (χ4v) is 3.68. The number of nitrogens with one attached hydrogen (secondary N) is 2. The highest BCUT2D eigenvalue weighted by molar-refractivity contribution is 7.92. The molecule has 24 heavy (non-hydrogen) atoms. The molecule has 0 radical (unpaired) electrons. The van der Waals surface area contributed by atoms with Crippen LogP contribution in [0.15, 0.2) is 53.4 Å². The minimum Gasteiger partial charge on any atom is -0.431 e. The van der Waals surface area contributed by atoms with Crippen LogP contribution in [0.2, 0.25) is 0 Å². The number of cyclic esters (lactones) is 1. The van der Waals surface area contributed by atoms with Crippen LogP contribution in [0.1, 0.15) is 17.2 Å². The Kier molecular flexibility index (Phi) is 3.98. The lowest BCUT2D eigenvalue weighted by Gasteiger charge is -2.11. The number of imide groups is 1. The maximum atomic E-state index is 12.4. The van der Waals surface area contributed by atoms with E-state index in [1.807, 2.05) is 5.32 Å². The molecule has 2 amide bonds. The van der Waals surface area contributed by atoms with Crippen LogP contribution < -0.4 is 10.0 Å². The number of carbonyl (C=O) groups excluding carboxylic acids is 2. The third kappa shape index (κ3) is 3.09. The summed E-state index contributed by atoms with van der Waals surface area (Å²) in [6.45, 7) is 1.71. The van der Waals surface area contributed by atoms with Gasteiger partial charge < -0.3 is 4.74 Å². The minimum absolute atomic E-state index is 0.193. The number of ether oxygens (including phenoxy) is 1. The normalized spacial score (nSPS) is 17.3. The number of alkyl carbamates (subject to hydrolysis) is 1. The van der Waals surface area contributed by atoms with Crippen LogP contribution in [0, 0.1) is 6.92 Å². The molecule has 0 aromatic heterocycles. The smallest absolute Gasteiger partial charge is 0.415 e. The van der Waals surface area contributed by atoms with Gasteiger partial charge in [-0.1, -0.05) is 30.3 Å². The molecule has 1 aliphatic heterocycles. The molecule has 1 atom stereocenters. The van der Waals surface area contributed by atoms with Crippen LogP contribution >= 0.6 is 0 Å². The number of benzene rings is 2. The zero-order valence-electron chi connectivity index (χ0n) is 12.6. The van der Waals surface area contributed by atoms with Gasteiger partial charge in [0, 0.05) is 11.3 Å². The van der Waals surface area contributed by atoms with Gasteiger partial charge in [-0.25, -0.2) is 13.2 Å². The van der Waals surface area contributed by atoms with Crippen molar-refractivity contribution >= 4 is 27.7 Å². The first-order valence-electron chi connectivity index (χ1n) is 7.07. The highest BCUT2D eigenvalue weighted by Gasteiger charge is 2.33. The molecule has 0 spiro atoms. The molecule has 2 N–H and O–H groups in total. The molecular weight excluding hydrogens is 332 g/mol. The molecule has 0 aliphatic carbocycles. The molecule has 8 heteroatoms. The van der Waals surface area contributed by atoms with E-state index in [1.165, 1.54) is 30.3 Å². The molecule has 0 bridgehead atoms. The van der Waals surface area contributed by atoms with E-state index in [-0.39, 0.29) is 4.90 Å². The Labute approximate surface area is 138 Å². The molecule has 3 rings (SSSR count). The largest absolute Gasteiger partial charge is 0.431 e. The summed E-state index contributed by atoms with van der Waals surface area (Å²) >= 11 is 0. The average molecular weight is 346 g/mol. The van der Waals surface area contributed by atoms with Gasteiger partial charge in [-0.2, -0.15) is 0 Å². The number of anilines is 1. The van der Waals surface area contributed by atoms with Gasteiger partial charge in [0.2, 0.25) is 6.10 Å². The highest BCUT2D eigenvalue weighted by Crippen LogP contribution is 2.25. The van der Waals surface area contributed by atoms with Gasteiger partial charge in [0.15, 0.2) is 0 Å². The second-order valence-electron chi connectivity index (χ2n) is 5.27. The van der Waals surface area contributed by atoms with Crippen molar-refractivity contribution in [1.29, 1.82) is 0 Å². The van der Waals surface area contributed by atoms with E-state index in [9.17, 15) is 18.0 Å². The summed E-state index contributed by atoms with van der Waals surface area (Å²) in [6.07, 6.45) is -1.81. The van der Waals surface area contributed by atoms with Crippen LogP contribution in [0.25, 0.3) is 0 Å². The first-order valence-corrected chi connectivity index (χ1v) is 8.55. The lowest BCUT2D eigenvalue weighted by Crippen LogP contribution is -2.20. The van der Waals surface area contributed by atoms with E-state index in [1.54, 1.807) is 25.1 Å². The molecular formula is C16H14N2O5S. The van der Waals surface area contributed by atoms with Crippen LogP contribution in [0.5, 0.6) is 0 Å².